The van der Waals surface area contributed by atoms with Crippen LogP contribution >= 0.6 is 0 Å². The number of nitrogens with zero attached hydrogens (tertiary/aromatic N) is 2. The second-order valence-corrected chi connectivity index (χ2v) is 13.1. The minimum absolute atomic E-state index is 0.0362. The van der Waals surface area contributed by atoms with Crippen molar-refractivity contribution in [3.05, 3.63) is 122 Å². The third-order valence-corrected chi connectivity index (χ3v) is 10.4. The lowest BCUT2D eigenvalue weighted by atomic mass is 9.77. The molecule has 0 N–H and O–H groups in total. The van der Waals surface area contributed by atoms with Crippen LogP contribution < -0.4 is 18.9 Å². The Morgan fingerprint density at radius 2 is 1.39 bits per heavy atom. The molecule has 2 bridgehead atoms. The fourth-order valence-electron chi connectivity index (χ4n) is 7.95. The van der Waals surface area contributed by atoms with Gasteiger partial charge in [0.25, 0.3) is 0 Å². The number of amides is 1. The van der Waals surface area contributed by atoms with Gasteiger partial charge in [-0.2, -0.15) is 0 Å². The van der Waals surface area contributed by atoms with Gasteiger partial charge < -0.3 is 28.6 Å². The molecule has 0 aromatic heterocycles. The quantitative estimate of drug-likeness (QED) is 0.177. The number of aryl methyl sites for hydroxylation is 1. The largest absolute Gasteiger partial charge is 0.493 e. The minimum atomic E-state index is -0.448. The molecule has 4 aromatic carbocycles. The number of hydrogen-bond donors (Lipinski definition) is 0. The summed E-state index contributed by atoms with van der Waals surface area (Å²) in [6.07, 6.45) is 2.72. The van der Waals surface area contributed by atoms with Crippen molar-refractivity contribution in [3.8, 4) is 23.0 Å². The van der Waals surface area contributed by atoms with E-state index in [1.165, 1.54) is 0 Å². The molecule has 3 heterocycles. The zero-order valence-electron chi connectivity index (χ0n) is 29.3. The summed E-state index contributed by atoms with van der Waals surface area (Å²) in [5.74, 6) is 2.77. The van der Waals surface area contributed by atoms with Crippen molar-refractivity contribution in [1.29, 1.82) is 0 Å². The van der Waals surface area contributed by atoms with Gasteiger partial charge in [0.2, 0.25) is 5.91 Å². The topological polar surface area (TPSA) is 69.7 Å². The van der Waals surface area contributed by atoms with Crippen molar-refractivity contribution >= 4 is 12.0 Å². The summed E-state index contributed by atoms with van der Waals surface area (Å²) < 4.78 is 31.2. The van der Waals surface area contributed by atoms with E-state index in [9.17, 15) is 4.79 Å². The highest BCUT2D eigenvalue weighted by Gasteiger charge is 2.52. The molecule has 0 radical (unpaired) electrons. The first kappa shape index (κ1) is 32.7. The van der Waals surface area contributed by atoms with Crippen molar-refractivity contribution in [2.75, 3.05) is 35.0 Å². The fourth-order valence-corrected chi connectivity index (χ4v) is 7.95. The smallest absolute Gasteiger partial charge is 0.245 e. The van der Waals surface area contributed by atoms with E-state index in [1.54, 1.807) is 21.3 Å². The van der Waals surface area contributed by atoms with E-state index in [0.717, 1.165) is 61.5 Å². The van der Waals surface area contributed by atoms with Gasteiger partial charge in [0, 0.05) is 16.8 Å². The SMILES string of the molecule is COc1c(C)cc2c(c1OCc1ccccc1)[C@@H]1C3=Cc4c(C)c(C)c(OC)c(OC)c4[C@H](COCc4ccccc4)N3C(=O)[C@H](C2)N1C. The molecule has 49 heavy (non-hydrogen) atoms. The zero-order chi connectivity index (χ0) is 34.4. The molecule has 1 saturated heterocycles. The van der Waals surface area contributed by atoms with Crippen molar-refractivity contribution < 1.29 is 28.5 Å². The molecule has 0 aliphatic carbocycles. The van der Waals surface area contributed by atoms with Crippen LogP contribution in [-0.2, 0) is 29.2 Å². The number of benzene rings is 4. The van der Waals surface area contributed by atoms with E-state index in [0.29, 0.717) is 36.9 Å². The first-order valence-corrected chi connectivity index (χ1v) is 16.8. The molecule has 3 aliphatic rings. The van der Waals surface area contributed by atoms with Gasteiger partial charge in [-0.25, -0.2) is 0 Å². The normalized spacial score (nSPS) is 19.4. The molecular weight excluding hydrogens is 616 g/mol. The third kappa shape index (κ3) is 5.43. The molecule has 3 aliphatic heterocycles. The Labute approximate surface area is 288 Å². The predicted molar refractivity (Wildman–Crippen MR) is 189 cm³/mol. The molecular formula is C41H44N2O6. The maximum atomic E-state index is 14.8. The van der Waals surface area contributed by atoms with Crippen LogP contribution in [0.1, 0.15) is 62.2 Å². The Kier molecular flexibility index (Phi) is 8.86. The molecule has 1 amide bonds. The van der Waals surface area contributed by atoms with Crippen molar-refractivity contribution in [1.82, 2.24) is 9.80 Å². The van der Waals surface area contributed by atoms with Crippen molar-refractivity contribution in [2.45, 2.75) is 58.5 Å². The molecule has 0 saturated carbocycles. The molecule has 8 heteroatoms. The van der Waals surface area contributed by atoms with E-state index >= 15 is 0 Å². The Hall–Kier alpha value is -4.79. The summed E-state index contributed by atoms with van der Waals surface area (Å²) in [6.45, 7) is 7.29. The van der Waals surface area contributed by atoms with Gasteiger partial charge >= 0.3 is 0 Å². The number of fused-ring (bicyclic) bond motifs is 7. The number of hydrogen-bond acceptors (Lipinski definition) is 7. The first-order chi connectivity index (χ1) is 23.8. The zero-order valence-corrected chi connectivity index (χ0v) is 29.3. The molecule has 7 rings (SSSR count). The van der Waals surface area contributed by atoms with Gasteiger partial charge in [-0.1, -0.05) is 66.7 Å². The van der Waals surface area contributed by atoms with E-state index in [2.05, 4.69) is 43.0 Å². The van der Waals surface area contributed by atoms with Crippen LogP contribution in [0.2, 0.25) is 0 Å². The lowest BCUT2D eigenvalue weighted by Gasteiger charge is -2.53. The van der Waals surface area contributed by atoms with Crippen LogP contribution in [0.3, 0.4) is 0 Å². The van der Waals surface area contributed by atoms with E-state index < -0.39 is 6.04 Å². The Bertz CT molecular complexity index is 1920. The van der Waals surface area contributed by atoms with Crippen LogP contribution in [-0.4, -0.2) is 56.7 Å². The monoisotopic (exact) mass is 660 g/mol. The maximum absolute atomic E-state index is 14.8. The summed E-state index contributed by atoms with van der Waals surface area (Å²) in [4.78, 5) is 19.0. The van der Waals surface area contributed by atoms with Crippen LogP contribution in [0, 0.1) is 20.8 Å². The summed E-state index contributed by atoms with van der Waals surface area (Å²) in [5.41, 5.74) is 10.1. The van der Waals surface area contributed by atoms with Crippen LogP contribution in [0.5, 0.6) is 23.0 Å². The second kappa shape index (κ2) is 13.3. The highest BCUT2D eigenvalue weighted by molar-refractivity contribution is 5.91. The van der Waals surface area contributed by atoms with Gasteiger partial charge in [-0.05, 0) is 79.3 Å². The van der Waals surface area contributed by atoms with Crippen LogP contribution in [0.4, 0.5) is 0 Å². The van der Waals surface area contributed by atoms with Crippen molar-refractivity contribution in [3.63, 3.8) is 0 Å². The summed E-state index contributed by atoms with van der Waals surface area (Å²) in [6, 6.07) is 21.3. The Balaban J connectivity index is 1.41. The maximum Gasteiger partial charge on any atom is 0.245 e. The minimum Gasteiger partial charge on any atom is -0.493 e. The highest BCUT2D eigenvalue weighted by atomic mass is 16.5. The average Bonchev–Trinajstić information content (AvgIpc) is 3.11. The fraction of sp³-hybridized carbons (Fsp3) is 0.341. The van der Waals surface area contributed by atoms with Gasteiger partial charge in [0.05, 0.1) is 52.7 Å². The number of rotatable bonds is 10. The number of carbonyl (C=O) groups is 1. The van der Waals surface area contributed by atoms with Crippen molar-refractivity contribution in [2.24, 2.45) is 0 Å². The number of carbonyl (C=O) groups excluding carboxylic acids is 1. The molecule has 0 spiro atoms. The number of methoxy groups -OCH3 is 3. The van der Waals surface area contributed by atoms with E-state index in [4.69, 9.17) is 23.7 Å². The third-order valence-electron chi connectivity index (χ3n) is 10.4. The summed E-state index contributed by atoms with van der Waals surface area (Å²) >= 11 is 0. The van der Waals surface area contributed by atoms with E-state index in [-0.39, 0.29) is 24.6 Å². The van der Waals surface area contributed by atoms with Gasteiger partial charge in [0.1, 0.15) is 6.61 Å². The molecule has 8 nitrogen and oxygen atoms in total. The highest BCUT2D eigenvalue weighted by Crippen LogP contribution is 2.56. The lowest BCUT2D eigenvalue weighted by molar-refractivity contribution is -0.145. The molecule has 254 valence electrons. The Morgan fingerprint density at radius 1 is 0.755 bits per heavy atom. The molecule has 0 unspecified atom stereocenters. The average molecular weight is 661 g/mol. The lowest BCUT2D eigenvalue weighted by Crippen LogP contribution is -2.60. The van der Waals surface area contributed by atoms with Crippen LogP contribution in [0.25, 0.3) is 6.08 Å². The first-order valence-electron chi connectivity index (χ1n) is 16.8. The summed E-state index contributed by atoms with van der Waals surface area (Å²) in [5, 5.41) is 0. The summed E-state index contributed by atoms with van der Waals surface area (Å²) in [7, 11) is 7.06. The Morgan fingerprint density at radius 3 is 2.02 bits per heavy atom. The van der Waals surface area contributed by atoms with Gasteiger partial charge in [0.15, 0.2) is 23.0 Å². The number of ether oxygens (including phenoxy) is 5. The molecule has 4 aromatic rings. The van der Waals surface area contributed by atoms with E-state index in [1.807, 2.05) is 67.4 Å². The molecule has 1 fully saturated rings. The molecule has 3 atom stereocenters. The van der Waals surface area contributed by atoms with Crippen LogP contribution in [0.15, 0.2) is 72.4 Å². The standard InChI is InChI=1S/C41H44N2O6/c1-24-18-29-19-32-41(44)43-31(36(42(32)4)34(29)40(37(24)45-5)49-22-28-16-12-9-13-17-28)20-30-25(2)26(3)38(46-6)39(47-7)35(30)33(43)23-48-21-27-14-10-8-11-15-27/h8-18,20,32-33,36H,19,21-23H2,1-7H3/t32-,33-,36-/m0/s1. The predicted octanol–water partition coefficient (Wildman–Crippen LogP) is 7.27. The van der Waals surface area contributed by atoms with Gasteiger partial charge in [-0.15, -0.1) is 0 Å². The number of piperazine rings is 1. The second-order valence-electron chi connectivity index (χ2n) is 13.1. The van der Waals surface area contributed by atoms with Gasteiger partial charge in [-0.3, -0.25) is 9.69 Å². The number of likely N-dealkylation sites (N-methyl/N-ethyl adjacent to an activating group) is 1.